The summed E-state index contributed by atoms with van der Waals surface area (Å²) < 4.78 is 16.0. The first-order valence-electron chi connectivity index (χ1n) is 5.32. The molecular weight excluding hydrogens is 192 g/mol. The molecular formula is C12H16O3. The zero-order valence-electron chi connectivity index (χ0n) is 9.21. The van der Waals surface area contributed by atoms with Crippen LogP contribution in [0.4, 0.5) is 0 Å². The van der Waals surface area contributed by atoms with Gasteiger partial charge in [0.1, 0.15) is 0 Å². The van der Waals surface area contributed by atoms with Crippen LogP contribution in [-0.2, 0) is 11.2 Å². The molecule has 0 bridgehead atoms. The van der Waals surface area contributed by atoms with E-state index in [2.05, 4.69) is 13.0 Å². The van der Waals surface area contributed by atoms with Gasteiger partial charge in [0.2, 0.25) is 5.75 Å². The Morgan fingerprint density at radius 3 is 2.80 bits per heavy atom. The average Bonchev–Trinajstić information content (AvgIpc) is 3.04. The van der Waals surface area contributed by atoms with Crippen molar-refractivity contribution in [2.24, 2.45) is 0 Å². The van der Waals surface area contributed by atoms with Gasteiger partial charge in [-0.05, 0) is 18.9 Å². The summed E-state index contributed by atoms with van der Waals surface area (Å²) >= 11 is 0. The molecule has 0 radical (unpaired) electrons. The number of hydrogen-bond acceptors (Lipinski definition) is 3. The maximum atomic E-state index is 5.54. The largest absolute Gasteiger partial charge is 0.490 e. The van der Waals surface area contributed by atoms with Crippen LogP contribution in [-0.4, -0.2) is 20.3 Å². The van der Waals surface area contributed by atoms with Gasteiger partial charge in [-0.3, -0.25) is 0 Å². The Morgan fingerprint density at radius 2 is 2.07 bits per heavy atom. The summed E-state index contributed by atoms with van der Waals surface area (Å²) in [6, 6.07) is 4.03. The molecule has 0 aliphatic carbocycles. The normalized spacial score (nSPS) is 11.9. The molecule has 2 rings (SSSR count). The minimum Gasteiger partial charge on any atom is -0.490 e. The van der Waals surface area contributed by atoms with E-state index in [1.54, 1.807) is 7.11 Å². The molecule has 0 spiro atoms. The van der Waals surface area contributed by atoms with E-state index in [0.717, 1.165) is 43.3 Å². The summed E-state index contributed by atoms with van der Waals surface area (Å²) in [5.41, 5.74) is 1.20. The van der Waals surface area contributed by atoms with Crippen LogP contribution in [0.15, 0.2) is 12.1 Å². The summed E-state index contributed by atoms with van der Waals surface area (Å²) in [7, 11) is 1.71. The second kappa shape index (κ2) is 4.53. The van der Waals surface area contributed by atoms with Crippen LogP contribution in [0.5, 0.6) is 17.2 Å². The third-order valence-corrected chi connectivity index (χ3v) is 2.36. The molecule has 1 aromatic rings. The predicted molar refractivity (Wildman–Crippen MR) is 57.9 cm³/mol. The van der Waals surface area contributed by atoms with E-state index in [0.29, 0.717) is 0 Å². The van der Waals surface area contributed by atoms with E-state index in [-0.39, 0.29) is 0 Å². The fourth-order valence-electron chi connectivity index (χ4n) is 1.51. The Morgan fingerprint density at radius 1 is 1.20 bits per heavy atom. The van der Waals surface area contributed by atoms with Crippen molar-refractivity contribution in [2.45, 2.75) is 19.8 Å². The molecule has 0 saturated heterocycles. The molecule has 0 aromatic heterocycles. The highest BCUT2D eigenvalue weighted by atomic mass is 16.6. The lowest BCUT2D eigenvalue weighted by atomic mass is 10.1. The zero-order chi connectivity index (χ0) is 10.7. The third-order valence-electron chi connectivity index (χ3n) is 2.36. The topological polar surface area (TPSA) is 31.0 Å². The number of ether oxygens (including phenoxy) is 3. The minimum absolute atomic E-state index is 0.727. The fourth-order valence-corrected chi connectivity index (χ4v) is 1.51. The lowest BCUT2D eigenvalue weighted by molar-refractivity contribution is 0.202. The Labute approximate surface area is 90.0 Å². The molecule has 0 atom stereocenters. The van der Waals surface area contributed by atoms with Gasteiger partial charge >= 0.3 is 0 Å². The van der Waals surface area contributed by atoms with E-state index in [1.807, 2.05) is 6.07 Å². The SMILES string of the molecule is CCCOc1ccc(CCOC)c2c1O2. The van der Waals surface area contributed by atoms with Gasteiger partial charge in [0.05, 0.1) is 13.2 Å². The summed E-state index contributed by atoms with van der Waals surface area (Å²) in [4.78, 5) is 0. The molecule has 0 fully saturated rings. The number of rotatable bonds is 6. The van der Waals surface area contributed by atoms with Crippen LogP contribution >= 0.6 is 0 Å². The number of fused-ring (bicyclic) bond motifs is 1. The Hall–Kier alpha value is -1.22. The molecule has 15 heavy (non-hydrogen) atoms. The van der Waals surface area contributed by atoms with E-state index >= 15 is 0 Å². The average molecular weight is 208 g/mol. The molecule has 82 valence electrons. The highest BCUT2D eigenvalue weighted by molar-refractivity contribution is 5.67. The van der Waals surface area contributed by atoms with Crippen LogP contribution in [0.2, 0.25) is 0 Å². The molecule has 3 heteroatoms. The van der Waals surface area contributed by atoms with Gasteiger partial charge in [0, 0.05) is 12.7 Å². The molecule has 0 saturated carbocycles. The summed E-state index contributed by atoms with van der Waals surface area (Å²) in [5, 5.41) is 0. The van der Waals surface area contributed by atoms with Crippen LogP contribution in [0.3, 0.4) is 0 Å². The summed E-state index contributed by atoms with van der Waals surface area (Å²) in [6.07, 6.45) is 1.91. The quantitative estimate of drug-likeness (QED) is 0.684. The van der Waals surface area contributed by atoms with Crippen LogP contribution in [0, 0.1) is 0 Å². The predicted octanol–water partition coefficient (Wildman–Crippen LogP) is 2.77. The molecule has 0 unspecified atom stereocenters. The standard InChI is InChI=1S/C12H16O3/c1-3-7-14-10-5-4-9(6-8-13-2)11-12(10)15-11/h4-5H,3,6-8H2,1-2H3. The molecule has 3 nitrogen and oxygen atoms in total. The molecule has 0 amide bonds. The Balaban J connectivity index is 2.01. The molecule has 0 N–H and O–H groups in total. The molecule has 1 aromatic carbocycles. The van der Waals surface area contributed by atoms with Crippen molar-refractivity contribution in [1.29, 1.82) is 0 Å². The van der Waals surface area contributed by atoms with E-state index < -0.39 is 0 Å². The smallest absolute Gasteiger partial charge is 0.212 e. The lowest BCUT2D eigenvalue weighted by Gasteiger charge is -2.01. The third kappa shape index (κ3) is 2.23. The van der Waals surface area contributed by atoms with Crippen molar-refractivity contribution >= 4 is 0 Å². The first kappa shape index (κ1) is 10.3. The van der Waals surface area contributed by atoms with Crippen molar-refractivity contribution in [3.63, 3.8) is 0 Å². The maximum Gasteiger partial charge on any atom is 0.212 e. The lowest BCUT2D eigenvalue weighted by Crippen LogP contribution is -1.94. The van der Waals surface area contributed by atoms with Crippen molar-refractivity contribution in [3.8, 4) is 17.2 Å². The van der Waals surface area contributed by atoms with Gasteiger partial charge in [-0.2, -0.15) is 0 Å². The number of hydrogen-bond donors (Lipinski definition) is 0. The van der Waals surface area contributed by atoms with E-state index in [4.69, 9.17) is 14.2 Å². The fraction of sp³-hybridized carbons (Fsp3) is 0.500. The zero-order valence-corrected chi connectivity index (χ0v) is 9.21. The highest BCUT2D eigenvalue weighted by Crippen LogP contribution is 2.55. The van der Waals surface area contributed by atoms with Crippen LogP contribution < -0.4 is 9.47 Å². The molecule has 1 aliphatic heterocycles. The number of benzene rings is 1. The summed E-state index contributed by atoms with van der Waals surface area (Å²) in [5.74, 6) is 2.77. The van der Waals surface area contributed by atoms with Gasteiger partial charge in [-0.25, -0.2) is 0 Å². The van der Waals surface area contributed by atoms with Crippen molar-refractivity contribution in [1.82, 2.24) is 0 Å². The highest BCUT2D eigenvalue weighted by Gasteiger charge is 2.29. The monoisotopic (exact) mass is 208 g/mol. The van der Waals surface area contributed by atoms with Crippen LogP contribution in [0.1, 0.15) is 18.9 Å². The first-order valence-corrected chi connectivity index (χ1v) is 5.32. The van der Waals surface area contributed by atoms with Gasteiger partial charge in [0.25, 0.3) is 0 Å². The Bertz CT molecular complexity index is 314. The van der Waals surface area contributed by atoms with Crippen molar-refractivity contribution in [2.75, 3.05) is 20.3 Å². The van der Waals surface area contributed by atoms with Gasteiger partial charge < -0.3 is 14.2 Å². The Kier molecular flexibility index (Phi) is 3.11. The number of methoxy groups -OCH3 is 1. The van der Waals surface area contributed by atoms with Gasteiger partial charge in [-0.15, -0.1) is 0 Å². The van der Waals surface area contributed by atoms with Crippen molar-refractivity contribution in [3.05, 3.63) is 17.7 Å². The second-order valence-electron chi connectivity index (χ2n) is 3.57. The molecule has 1 heterocycles. The summed E-state index contributed by atoms with van der Waals surface area (Å²) in [6.45, 7) is 3.56. The van der Waals surface area contributed by atoms with Crippen LogP contribution in [0.25, 0.3) is 0 Å². The van der Waals surface area contributed by atoms with Gasteiger partial charge in [-0.1, -0.05) is 13.0 Å². The van der Waals surface area contributed by atoms with E-state index in [9.17, 15) is 0 Å². The van der Waals surface area contributed by atoms with Crippen molar-refractivity contribution < 1.29 is 14.2 Å². The first-order chi connectivity index (χ1) is 7.36. The molecule has 1 aliphatic rings. The van der Waals surface area contributed by atoms with E-state index in [1.165, 1.54) is 5.56 Å². The minimum atomic E-state index is 0.727. The van der Waals surface area contributed by atoms with Gasteiger partial charge in [0.15, 0.2) is 11.5 Å². The second-order valence-corrected chi connectivity index (χ2v) is 3.57. The maximum absolute atomic E-state index is 5.54.